The molecule has 160 valence electrons. The van der Waals surface area contributed by atoms with Crippen LogP contribution in [0.2, 0.25) is 0 Å². The van der Waals surface area contributed by atoms with Gasteiger partial charge in [-0.2, -0.15) is 0 Å². The molecule has 1 heterocycles. The summed E-state index contributed by atoms with van der Waals surface area (Å²) >= 11 is 0. The zero-order chi connectivity index (χ0) is 20.6. The minimum atomic E-state index is 0.0493. The van der Waals surface area contributed by atoms with Gasteiger partial charge in [-0.25, -0.2) is 5.84 Å². The second-order valence-electron chi connectivity index (χ2n) is 8.36. The molecule has 2 aliphatic rings. The molecule has 3 rings (SSSR count). The molecule has 0 saturated heterocycles. The third-order valence-corrected chi connectivity index (χ3v) is 6.01. The Labute approximate surface area is 173 Å². The normalized spacial score (nSPS) is 19.0. The number of nitrogens with two attached hydrogens (primary N) is 2. The van der Waals surface area contributed by atoms with Crippen molar-refractivity contribution in [2.75, 3.05) is 13.6 Å². The molecular formula is C22H35N5O2. The number of pyridine rings is 1. The van der Waals surface area contributed by atoms with Gasteiger partial charge in [0.05, 0.1) is 35.9 Å². The standard InChI is InChI=1S/C22H35N5O2/c1-27(24)20(15-26-21(28)13-16-7-5-6-8-16)22(23)19-12-11-18(14-25-19)29-17-9-3-2-4-10-17/h11-12,14,16-17H,2-10,13,15,23-24H2,1H3,(H,26,28)/b22-20-. The van der Waals surface area contributed by atoms with E-state index in [2.05, 4.69) is 10.3 Å². The largest absolute Gasteiger partial charge is 0.489 e. The smallest absolute Gasteiger partial charge is 0.220 e. The number of aromatic nitrogens is 1. The summed E-state index contributed by atoms with van der Waals surface area (Å²) in [6.07, 6.45) is 13.3. The van der Waals surface area contributed by atoms with Crippen LogP contribution in [0.5, 0.6) is 5.75 Å². The fraction of sp³-hybridized carbons (Fsp3) is 0.636. The molecule has 1 aromatic rings. The Hall–Kier alpha value is -2.28. The molecule has 7 nitrogen and oxygen atoms in total. The summed E-state index contributed by atoms with van der Waals surface area (Å²) in [4.78, 5) is 16.7. The Bertz CT molecular complexity index is 690. The van der Waals surface area contributed by atoms with E-state index in [1.165, 1.54) is 37.1 Å². The highest BCUT2D eigenvalue weighted by atomic mass is 16.5. The summed E-state index contributed by atoms with van der Waals surface area (Å²) in [7, 11) is 1.71. The van der Waals surface area contributed by atoms with Gasteiger partial charge in [-0.1, -0.05) is 19.3 Å². The van der Waals surface area contributed by atoms with E-state index >= 15 is 0 Å². The SMILES string of the molecule is CN(N)/C(CNC(=O)CC1CCCC1)=C(\N)c1ccc(OC2CCCCC2)cn1. The Kier molecular flexibility index (Phi) is 7.75. The second-order valence-corrected chi connectivity index (χ2v) is 8.36. The maximum Gasteiger partial charge on any atom is 0.220 e. The van der Waals surface area contributed by atoms with Gasteiger partial charge in [0.2, 0.25) is 5.91 Å². The van der Waals surface area contributed by atoms with Gasteiger partial charge in [0.1, 0.15) is 5.75 Å². The second kappa shape index (κ2) is 10.5. The average molecular weight is 402 g/mol. The molecule has 0 bridgehead atoms. The predicted octanol–water partition coefficient (Wildman–Crippen LogP) is 2.92. The first-order valence-corrected chi connectivity index (χ1v) is 10.9. The first-order chi connectivity index (χ1) is 14.0. The van der Waals surface area contributed by atoms with Crippen LogP contribution in [0.1, 0.15) is 69.9 Å². The lowest BCUT2D eigenvalue weighted by Gasteiger charge is -2.23. The van der Waals surface area contributed by atoms with Crippen LogP contribution in [0.25, 0.3) is 5.70 Å². The third kappa shape index (κ3) is 6.35. The monoisotopic (exact) mass is 401 g/mol. The molecule has 0 spiro atoms. The van der Waals surface area contributed by atoms with Gasteiger partial charge in [-0.3, -0.25) is 9.78 Å². The van der Waals surface area contributed by atoms with E-state index < -0.39 is 0 Å². The van der Waals surface area contributed by atoms with Gasteiger partial charge < -0.3 is 20.8 Å². The van der Waals surface area contributed by atoms with Crippen molar-refractivity contribution in [1.29, 1.82) is 0 Å². The van der Waals surface area contributed by atoms with E-state index in [0.29, 0.717) is 29.4 Å². The quantitative estimate of drug-likeness (QED) is 0.457. The Morgan fingerprint density at radius 2 is 1.86 bits per heavy atom. The van der Waals surface area contributed by atoms with Crippen LogP contribution >= 0.6 is 0 Å². The molecule has 0 unspecified atom stereocenters. The summed E-state index contributed by atoms with van der Waals surface area (Å²) in [6, 6.07) is 3.74. The number of amides is 1. The number of rotatable bonds is 8. The summed E-state index contributed by atoms with van der Waals surface area (Å²) in [6.45, 7) is 0.284. The van der Waals surface area contributed by atoms with Gasteiger partial charge in [0, 0.05) is 13.5 Å². The summed E-state index contributed by atoms with van der Waals surface area (Å²) in [5, 5.41) is 4.40. The van der Waals surface area contributed by atoms with E-state index in [9.17, 15) is 4.79 Å². The van der Waals surface area contributed by atoms with E-state index in [-0.39, 0.29) is 18.6 Å². The van der Waals surface area contributed by atoms with Gasteiger partial charge in [0.25, 0.3) is 0 Å². The number of carbonyl (C=O) groups excluding carboxylic acids is 1. The molecule has 2 fully saturated rings. The van der Waals surface area contributed by atoms with Crippen LogP contribution in [0.3, 0.4) is 0 Å². The minimum Gasteiger partial charge on any atom is -0.489 e. The summed E-state index contributed by atoms with van der Waals surface area (Å²) in [5.74, 6) is 7.29. The van der Waals surface area contributed by atoms with Crippen LogP contribution in [0, 0.1) is 5.92 Å². The molecule has 29 heavy (non-hydrogen) atoms. The lowest BCUT2D eigenvalue weighted by Crippen LogP contribution is -2.36. The Morgan fingerprint density at radius 3 is 2.48 bits per heavy atom. The molecule has 1 amide bonds. The molecular weight excluding hydrogens is 366 g/mol. The number of ether oxygens (including phenoxy) is 1. The number of carbonyl (C=O) groups is 1. The van der Waals surface area contributed by atoms with Crippen LogP contribution < -0.4 is 21.6 Å². The highest BCUT2D eigenvalue weighted by molar-refractivity contribution is 5.77. The number of hydrogen-bond acceptors (Lipinski definition) is 6. The van der Waals surface area contributed by atoms with Crippen LogP contribution in [-0.4, -0.2) is 35.6 Å². The topological polar surface area (TPSA) is 106 Å². The van der Waals surface area contributed by atoms with Crippen molar-refractivity contribution >= 4 is 11.6 Å². The highest BCUT2D eigenvalue weighted by Crippen LogP contribution is 2.27. The van der Waals surface area contributed by atoms with Crippen LogP contribution in [0.4, 0.5) is 0 Å². The highest BCUT2D eigenvalue weighted by Gasteiger charge is 2.19. The van der Waals surface area contributed by atoms with Crippen molar-refractivity contribution in [3.8, 4) is 5.75 Å². The Balaban J connectivity index is 1.59. The molecule has 5 N–H and O–H groups in total. The predicted molar refractivity (Wildman–Crippen MR) is 114 cm³/mol. The third-order valence-electron chi connectivity index (χ3n) is 6.01. The van der Waals surface area contributed by atoms with E-state index in [0.717, 1.165) is 31.4 Å². The fourth-order valence-corrected chi connectivity index (χ4v) is 4.27. The van der Waals surface area contributed by atoms with E-state index in [1.54, 1.807) is 13.2 Å². The molecule has 7 heteroatoms. The summed E-state index contributed by atoms with van der Waals surface area (Å²) < 4.78 is 6.03. The molecule has 0 aromatic carbocycles. The van der Waals surface area contributed by atoms with Crippen molar-refractivity contribution in [2.24, 2.45) is 17.5 Å². The molecule has 0 radical (unpaired) electrons. The van der Waals surface area contributed by atoms with Crippen molar-refractivity contribution in [3.63, 3.8) is 0 Å². The number of nitrogens with zero attached hydrogens (tertiary/aromatic N) is 2. The maximum absolute atomic E-state index is 12.3. The Morgan fingerprint density at radius 1 is 1.17 bits per heavy atom. The van der Waals surface area contributed by atoms with Crippen molar-refractivity contribution < 1.29 is 9.53 Å². The first-order valence-electron chi connectivity index (χ1n) is 10.9. The zero-order valence-corrected chi connectivity index (χ0v) is 17.5. The number of hydrazine groups is 1. The van der Waals surface area contributed by atoms with Crippen LogP contribution in [0.15, 0.2) is 24.0 Å². The lowest BCUT2D eigenvalue weighted by atomic mass is 9.98. The van der Waals surface area contributed by atoms with E-state index in [4.69, 9.17) is 16.3 Å². The van der Waals surface area contributed by atoms with Gasteiger partial charge >= 0.3 is 0 Å². The summed E-state index contributed by atoms with van der Waals surface area (Å²) in [5.41, 5.74) is 8.05. The molecule has 0 aliphatic heterocycles. The lowest BCUT2D eigenvalue weighted by molar-refractivity contribution is -0.121. The van der Waals surface area contributed by atoms with Gasteiger partial charge in [0.15, 0.2) is 0 Å². The zero-order valence-electron chi connectivity index (χ0n) is 17.5. The number of hydrogen-bond donors (Lipinski definition) is 3. The van der Waals surface area contributed by atoms with Crippen LogP contribution in [-0.2, 0) is 4.79 Å². The van der Waals surface area contributed by atoms with Gasteiger partial charge in [-0.15, -0.1) is 0 Å². The van der Waals surface area contributed by atoms with Crippen molar-refractivity contribution in [2.45, 2.75) is 70.3 Å². The number of nitrogens with one attached hydrogen (secondary N) is 1. The van der Waals surface area contributed by atoms with Crippen molar-refractivity contribution in [3.05, 3.63) is 29.7 Å². The molecule has 2 aliphatic carbocycles. The minimum absolute atomic E-state index is 0.0493. The molecule has 1 aromatic heterocycles. The molecule has 0 atom stereocenters. The fourth-order valence-electron chi connectivity index (χ4n) is 4.27. The van der Waals surface area contributed by atoms with E-state index in [1.807, 2.05) is 12.1 Å². The first kappa shape index (κ1) is 21.4. The average Bonchev–Trinajstić information content (AvgIpc) is 3.22. The van der Waals surface area contributed by atoms with Gasteiger partial charge in [-0.05, 0) is 56.6 Å². The molecule has 2 saturated carbocycles. The van der Waals surface area contributed by atoms with Crippen molar-refractivity contribution in [1.82, 2.24) is 15.3 Å². The number of likely N-dealkylation sites (N-methyl/N-ethyl adjacent to an activating group) is 1. The maximum atomic E-state index is 12.3.